The Balaban J connectivity index is 0.000000980. The molecule has 1 unspecified atom stereocenters. The molecule has 5 heteroatoms. The van der Waals surface area contributed by atoms with E-state index >= 15 is 0 Å². The van der Waals surface area contributed by atoms with E-state index in [1.807, 2.05) is 0 Å². The Kier molecular flexibility index (Phi) is 8.75. The van der Waals surface area contributed by atoms with Gasteiger partial charge in [0.1, 0.15) is 0 Å². The van der Waals surface area contributed by atoms with Gasteiger partial charge in [0.2, 0.25) is 0 Å². The van der Waals surface area contributed by atoms with Crippen LogP contribution in [0.25, 0.3) is 0 Å². The number of nitrogen functional groups attached to an aromatic ring is 1. The summed E-state index contributed by atoms with van der Waals surface area (Å²) in [6, 6.07) is 4.30. The van der Waals surface area contributed by atoms with Gasteiger partial charge in [-0.05, 0) is 67.2 Å². The van der Waals surface area contributed by atoms with Gasteiger partial charge in [-0.1, -0.05) is 33.8 Å². The van der Waals surface area contributed by atoms with E-state index in [2.05, 4.69) is 53.7 Å². The predicted octanol–water partition coefficient (Wildman–Crippen LogP) is 3.15. The zero-order valence-electron chi connectivity index (χ0n) is 14.8. The average Bonchev–Trinajstić information content (AvgIpc) is 2.46. The Labute approximate surface area is 135 Å². The van der Waals surface area contributed by atoms with Crippen molar-refractivity contribution in [2.24, 2.45) is 5.41 Å². The van der Waals surface area contributed by atoms with Crippen molar-refractivity contribution in [2.45, 2.75) is 66.7 Å². The lowest BCUT2D eigenvalue weighted by Crippen LogP contribution is -2.26. The number of rotatable bonds is 5. The van der Waals surface area contributed by atoms with Crippen molar-refractivity contribution in [1.82, 2.24) is 0 Å². The van der Waals surface area contributed by atoms with Gasteiger partial charge in [0.25, 0.3) is 0 Å². The van der Waals surface area contributed by atoms with Gasteiger partial charge >= 0.3 is 7.32 Å². The third-order valence-electron chi connectivity index (χ3n) is 5.37. The van der Waals surface area contributed by atoms with Gasteiger partial charge in [-0.2, -0.15) is 0 Å². The maximum Gasteiger partial charge on any atom is 0.631 e. The first-order chi connectivity index (χ1) is 10.2. The first kappa shape index (κ1) is 21.0. The molecule has 0 aliphatic carbocycles. The number of nitrogens with two attached hydrogens (primary N) is 1. The molecule has 1 rings (SSSR count). The Morgan fingerprint density at radius 3 is 1.77 bits per heavy atom. The van der Waals surface area contributed by atoms with Gasteiger partial charge in [-0.3, -0.25) is 0 Å². The molecule has 0 heterocycles. The zero-order valence-corrected chi connectivity index (χ0v) is 14.8. The normalized spacial score (nSPS) is 12.4. The molecule has 0 fully saturated rings. The molecule has 1 aromatic rings. The van der Waals surface area contributed by atoms with E-state index in [9.17, 15) is 0 Å². The molecule has 0 amide bonds. The fourth-order valence-corrected chi connectivity index (χ4v) is 3.33. The summed E-state index contributed by atoms with van der Waals surface area (Å²) in [4.78, 5) is 0. The molecule has 0 aliphatic rings. The van der Waals surface area contributed by atoms with Crippen molar-refractivity contribution in [3.8, 4) is 0 Å². The van der Waals surface area contributed by atoms with Crippen LogP contribution in [0.1, 0.15) is 69.6 Å². The third-order valence-corrected chi connectivity index (χ3v) is 5.37. The number of anilines is 1. The Bertz CT molecular complexity index is 448. The van der Waals surface area contributed by atoms with Crippen LogP contribution < -0.4 is 5.73 Å². The van der Waals surface area contributed by atoms with Crippen LogP contribution >= 0.6 is 0 Å². The highest BCUT2D eigenvalue weighted by Gasteiger charge is 2.32. The zero-order chi connectivity index (χ0) is 17.5. The van der Waals surface area contributed by atoms with Crippen LogP contribution in [0.3, 0.4) is 0 Å². The molecule has 5 N–H and O–H groups in total. The summed E-state index contributed by atoms with van der Waals surface area (Å²) < 4.78 is 0. The van der Waals surface area contributed by atoms with Gasteiger partial charge in [-0.15, -0.1) is 0 Å². The SMILES string of the molecule is CCC(CC)(CC)C(C)c1ccc(N)c(C)c1C.OB(O)O. The second kappa shape index (κ2) is 9.18. The minimum absolute atomic E-state index is 0.424. The van der Waals surface area contributed by atoms with Crippen LogP contribution in [-0.2, 0) is 0 Å². The smallest absolute Gasteiger partial charge is 0.402 e. The molecule has 126 valence electrons. The molecule has 0 saturated heterocycles. The van der Waals surface area contributed by atoms with Crippen molar-refractivity contribution in [2.75, 3.05) is 5.73 Å². The summed E-state index contributed by atoms with van der Waals surface area (Å²) in [7, 11) is -2.17. The fourth-order valence-electron chi connectivity index (χ4n) is 3.33. The van der Waals surface area contributed by atoms with Crippen LogP contribution in [0.2, 0.25) is 0 Å². The molecule has 0 aromatic heterocycles. The van der Waals surface area contributed by atoms with Gasteiger partial charge in [0.15, 0.2) is 0 Å². The van der Waals surface area contributed by atoms with E-state index in [1.54, 1.807) is 0 Å². The van der Waals surface area contributed by atoms with Crippen LogP contribution in [0.5, 0.6) is 0 Å². The second-order valence-corrected chi connectivity index (χ2v) is 5.99. The third kappa shape index (κ3) is 5.01. The highest BCUT2D eigenvalue weighted by molar-refractivity contribution is 6.30. The van der Waals surface area contributed by atoms with Crippen molar-refractivity contribution in [3.63, 3.8) is 0 Å². The first-order valence-electron chi connectivity index (χ1n) is 8.06. The van der Waals surface area contributed by atoms with Crippen molar-refractivity contribution in [3.05, 3.63) is 28.8 Å². The van der Waals surface area contributed by atoms with Gasteiger partial charge < -0.3 is 20.8 Å². The predicted molar refractivity (Wildman–Crippen MR) is 94.5 cm³/mol. The molecule has 0 aliphatic heterocycles. The number of hydrogen-bond donors (Lipinski definition) is 4. The lowest BCUT2D eigenvalue weighted by Gasteiger charge is -2.38. The Hall–Kier alpha value is -1.04. The summed E-state index contributed by atoms with van der Waals surface area (Å²) in [5.41, 5.74) is 11.4. The summed E-state index contributed by atoms with van der Waals surface area (Å²) in [6.45, 7) is 13.7. The summed E-state index contributed by atoms with van der Waals surface area (Å²) in [5.74, 6) is 0.594. The first-order valence-corrected chi connectivity index (χ1v) is 8.06. The lowest BCUT2D eigenvalue weighted by atomic mass is 9.66. The molecule has 1 aromatic carbocycles. The average molecular weight is 309 g/mol. The van der Waals surface area contributed by atoms with Crippen molar-refractivity contribution < 1.29 is 15.1 Å². The highest BCUT2D eigenvalue weighted by Crippen LogP contribution is 2.45. The molecule has 0 saturated carbocycles. The van der Waals surface area contributed by atoms with E-state index in [1.165, 1.54) is 36.0 Å². The second-order valence-electron chi connectivity index (χ2n) is 5.99. The van der Waals surface area contributed by atoms with E-state index < -0.39 is 7.32 Å². The van der Waals surface area contributed by atoms with Gasteiger partial charge in [0.05, 0.1) is 0 Å². The molecule has 0 bridgehead atoms. The van der Waals surface area contributed by atoms with Crippen LogP contribution in [0, 0.1) is 19.3 Å². The largest absolute Gasteiger partial charge is 0.631 e. The molecular formula is C17H32BNO3. The molecular weight excluding hydrogens is 277 g/mol. The van der Waals surface area contributed by atoms with E-state index in [4.69, 9.17) is 20.8 Å². The quantitative estimate of drug-likeness (QED) is 0.497. The molecule has 22 heavy (non-hydrogen) atoms. The Morgan fingerprint density at radius 1 is 1.00 bits per heavy atom. The standard InChI is InChI=1S/C17H29N.BH3O3/c1-7-17(8-2,9-3)14(6)15-10-11-16(18)13(5)12(15)4;2-1(3)4/h10-11,14H,7-9,18H2,1-6H3;2-4H. The van der Waals surface area contributed by atoms with Crippen LogP contribution in [0.15, 0.2) is 12.1 Å². The topological polar surface area (TPSA) is 86.7 Å². The molecule has 0 radical (unpaired) electrons. The molecule has 4 nitrogen and oxygen atoms in total. The number of benzene rings is 1. The van der Waals surface area contributed by atoms with Crippen LogP contribution in [0.4, 0.5) is 5.69 Å². The number of hydrogen-bond acceptors (Lipinski definition) is 4. The maximum absolute atomic E-state index is 7.17. The van der Waals surface area contributed by atoms with Gasteiger partial charge in [0, 0.05) is 5.69 Å². The van der Waals surface area contributed by atoms with E-state index in [0.29, 0.717) is 11.3 Å². The van der Waals surface area contributed by atoms with E-state index in [-0.39, 0.29) is 0 Å². The maximum atomic E-state index is 7.17. The monoisotopic (exact) mass is 309 g/mol. The minimum Gasteiger partial charge on any atom is -0.402 e. The summed E-state index contributed by atoms with van der Waals surface area (Å²) in [6.07, 6.45) is 3.72. The molecule has 0 spiro atoms. The van der Waals surface area contributed by atoms with Crippen molar-refractivity contribution >= 4 is 13.0 Å². The summed E-state index contributed by atoms with van der Waals surface area (Å²) >= 11 is 0. The fraction of sp³-hybridized carbons (Fsp3) is 0.647. The van der Waals surface area contributed by atoms with Crippen LogP contribution in [-0.4, -0.2) is 22.4 Å². The summed E-state index contributed by atoms with van der Waals surface area (Å²) in [5, 5.41) is 21.5. The van der Waals surface area contributed by atoms with Gasteiger partial charge in [-0.25, -0.2) is 0 Å². The van der Waals surface area contributed by atoms with E-state index in [0.717, 1.165) is 5.69 Å². The highest BCUT2D eigenvalue weighted by atomic mass is 16.5. The van der Waals surface area contributed by atoms with Crippen molar-refractivity contribution in [1.29, 1.82) is 0 Å². The molecule has 1 atom stereocenters. The lowest BCUT2D eigenvalue weighted by molar-refractivity contribution is 0.201. The Morgan fingerprint density at radius 2 is 1.41 bits per heavy atom. The minimum atomic E-state index is -2.17.